The molecule has 0 bridgehead atoms. The monoisotopic (exact) mass is 272 g/mol. The number of carbonyl (C=O) groups excluding carboxylic acids is 1. The highest BCUT2D eigenvalue weighted by Gasteiger charge is 2.17. The van der Waals surface area contributed by atoms with Gasteiger partial charge in [0.05, 0.1) is 12.5 Å². The molecule has 0 saturated carbocycles. The lowest BCUT2D eigenvalue weighted by molar-refractivity contribution is 0.0601. The average Bonchev–Trinajstić information content (AvgIpc) is 2.78. The van der Waals surface area contributed by atoms with E-state index in [9.17, 15) is 4.79 Å². The Bertz CT molecular complexity index is 541. The first-order valence-corrected chi connectivity index (χ1v) is 5.07. The molecule has 0 spiro atoms. The summed E-state index contributed by atoms with van der Waals surface area (Å²) in [6.45, 7) is 0.717. The number of hydrogen-bond donors (Lipinski definition) is 1. The van der Waals surface area contributed by atoms with Crippen molar-refractivity contribution in [2.24, 2.45) is 5.73 Å². The molecule has 1 heterocycles. The van der Waals surface area contributed by atoms with Crippen LogP contribution >= 0.6 is 12.4 Å². The van der Waals surface area contributed by atoms with Gasteiger partial charge in [-0.3, -0.25) is 0 Å². The highest BCUT2D eigenvalue weighted by molar-refractivity contribution is 6.03. The second kappa shape index (κ2) is 6.23. The molecule has 0 atom stereocenters. The third-order valence-electron chi connectivity index (χ3n) is 2.23. The molecule has 0 radical (unpaired) electrons. The number of rotatable bonds is 4. The molecule has 0 aliphatic carbocycles. The van der Waals surface area contributed by atoms with Gasteiger partial charge in [0, 0.05) is 6.54 Å². The molecule has 1 aromatic heterocycles. The van der Waals surface area contributed by atoms with Crippen molar-refractivity contribution in [3.05, 3.63) is 23.8 Å². The SMILES string of the molecule is COC(=O)c1cccc2c(OCCN)noc12.Cl. The second-order valence-electron chi connectivity index (χ2n) is 3.30. The zero-order valence-corrected chi connectivity index (χ0v) is 10.5. The molecular weight excluding hydrogens is 260 g/mol. The Kier molecular flexibility index (Phi) is 4.94. The smallest absolute Gasteiger partial charge is 0.341 e. The van der Waals surface area contributed by atoms with Gasteiger partial charge in [-0.2, -0.15) is 0 Å². The number of fused-ring (bicyclic) bond motifs is 1. The van der Waals surface area contributed by atoms with Gasteiger partial charge in [-0.05, 0) is 17.3 Å². The molecule has 0 saturated heterocycles. The Morgan fingerprint density at radius 2 is 2.28 bits per heavy atom. The van der Waals surface area contributed by atoms with Crippen LogP contribution in [0.15, 0.2) is 22.7 Å². The van der Waals surface area contributed by atoms with E-state index < -0.39 is 5.97 Å². The lowest BCUT2D eigenvalue weighted by Crippen LogP contribution is -2.10. The maximum Gasteiger partial charge on any atom is 0.341 e. The Labute approximate surface area is 109 Å². The number of para-hydroxylation sites is 1. The summed E-state index contributed by atoms with van der Waals surface area (Å²) in [7, 11) is 1.31. The first kappa shape index (κ1) is 14.3. The van der Waals surface area contributed by atoms with E-state index >= 15 is 0 Å². The van der Waals surface area contributed by atoms with Crippen LogP contribution in [0.5, 0.6) is 5.88 Å². The molecule has 98 valence electrons. The molecule has 0 aliphatic heterocycles. The zero-order valence-electron chi connectivity index (χ0n) is 9.71. The molecule has 0 aliphatic rings. The van der Waals surface area contributed by atoms with Gasteiger partial charge in [0.2, 0.25) is 0 Å². The summed E-state index contributed by atoms with van der Waals surface area (Å²) in [5.41, 5.74) is 6.00. The van der Waals surface area contributed by atoms with E-state index in [1.165, 1.54) is 7.11 Å². The fourth-order valence-electron chi connectivity index (χ4n) is 1.47. The third kappa shape index (κ3) is 2.55. The quantitative estimate of drug-likeness (QED) is 0.846. The largest absolute Gasteiger partial charge is 0.474 e. The van der Waals surface area contributed by atoms with E-state index in [1.807, 2.05) is 0 Å². The van der Waals surface area contributed by atoms with Crippen LogP contribution in [0.4, 0.5) is 0 Å². The second-order valence-corrected chi connectivity index (χ2v) is 3.30. The van der Waals surface area contributed by atoms with Crippen molar-refractivity contribution >= 4 is 29.3 Å². The van der Waals surface area contributed by atoms with Gasteiger partial charge >= 0.3 is 5.97 Å². The Balaban J connectivity index is 0.00000162. The summed E-state index contributed by atoms with van der Waals surface area (Å²) in [4.78, 5) is 11.5. The van der Waals surface area contributed by atoms with Crippen LogP contribution in [0.1, 0.15) is 10.4 Å². The molecule has 18 heavy (non-hydrogen) atoms. The standard InChI is InChI=1S/C11H12N2O4.ClH/c1-15-11(14)8-4-2-3-7-9(8)17-13-10(7)16-6-5-12;/h2-4H,5-6,12H2,1H3;1H. The molecule has 2 rings (SSSR count). The lowest BCUT2D eigenvalue weighted by Gasteiger charge is -2.00. The van der Waals surface area contributed by atoms with Crippen LogP contribution in [0.2, 0.25) is 0 Å². The first-order chi connectivity index (χ1) is 8.27. The summed E-state index contributed by atoms with van der Waals surface area (Å²) in [5.74, 6) is -0.145. The average molecular weight is 273 g/mol. The van der Waals surface area contributed by atoms with E-state index in [0.29, 0.717) is 35.6 Å². The number of hydrogen-bond acceptors (Lipinski definition) is 6. The maximum absolute atomic E-state index is 11.5. The van der Waals surface area contributed by atoms with Crippen LogP contribution in [-0.4, -0.2) is 31.4 Å². The number of benzene rings is 1. The van der Waals surface area contributed by atoms with Gasteiger partial charge in [-0.25, -0.2) is 4.79 Å². The maximum atomic E-state index is 11.5. The molecule has 2 N–H and O–H groups in total. The third-order valence-corrected chi connectivity index (χ3v) is 2.23. The van der Waals surface area contributed by atoms with Crippen molar-refractivity contribution < 1.29 is 18.8 Å². The van der Waals surface area contributed by atoms with Gasteiger partial charge in [0.25, 0.3) is 5.88 Å². The van der Waals surface area contributed by atoms with Crippen molar-refractivity contribution in [3.63, 3.8) is 0 Å². The number of aromatic nitrogens is 1. The molecular formula is C11H13ClN2O4. The van der Waals surface area contributed by atoms with E-state index in [4.69, 9.17) is 15.0 Å². The summed E-state index contributed by atoms with van der Waals surface area (Å²) in [6, 6.07) is 5.07. The van der Waals surface area contributed by atoms with Crippen LogP contribution in [0, 0.1) is 0 Å². The molecule has 6 nitrogen and oxygen atoms in total. The first-order valence-electron chi connectivity index (χ1n) is 5.07. The van der Waals surface area contributed by atoms with Crippen LogP contribution in [0.3, 0.4) is 0 Å². The number of nitrogens with zero attached hydrogens (tertiary/aromatic N) is 1. The number of ether oxygens (including phenoxy) is 2. The number of nitrogens with two attached hydrogens (primary N) is 1. The van der Waals surface area contributed by atoms with Gasteiger partial charge in [-0.15, -0.1) is 12.4 Å². The predicted molar refractivity (Wildman–Crippen MR) is 67.1 cm³/mol. The molecule has 0 amide bonds. The van der Waals surface area contributed by atoms with Gasteiger partial charge in [0.1, 0.15) is 12.2 Å². The van der Waals surface area contributed by atoms with Gasteiger partial charge in [-0.1, -0.05) is 6.07 Å². The van der Waals surface area contributed by atoms with Crippen molar-refractivity contribution in [2.75, 3.05) is 20.3 Å². The minimum Gasteiger partial charge on any atom is -0.474 e. The zero-order chi connectivity index (χ0) is 12.3. The summed E-state index contributed by atoms with van der Waals surface area (Å²) in [6.07, 6.45) is 0. The van der Waals surface area contributed by atoms with Crippen molar-refractivity contribution in [1.29, 1.82) is 0 Å². The number of carbonyl (C=O) groups is 1. The van der Waals surface area contributed by atoms with Gasteiger partial charge < -0.3 is 19.7 Å². The summed E-state index contributed by atoms with van der Waals surface area (Å²) >= 11 is 0. The molecule has 0 fully saturated rings. The van der Waals surface area contributed by atoms with Crippen LogP contribution < -0.4 is 10.5 Å². The number of methoxy groups -OCH3 is 1. The fourth-order valence-corrected chi connectivity index (χ4v) is 1.47. The highest BCUT2D eigenvalue weighted by Crippen LogP contribution is 2.27. The predicted octanol–water partition coefficient (Wildman–Crippen LogP) is 1.37. The molecule has 7 heteroatoms. The van der Waals surface area contributed by atoms with E-state index in [1.54, 1.807) is 18.2 Å². The molecule has 0 unspecified atom stereocenters. The minimum atomic E-state index is -0.475. The minimum absolute atomic E-state index is 0. The molecule has 1 aromatic carbocycles. The summed E-state index contributed by atoms with van der Waals surface area (Å²) < 4.78 is 15.0. The van der Waals surface area contributed by atoms with Gasteiger partial charge in [0.15, 0.2) is 5.58 Å². The van der Waals surface area contributed by atoms with E-state index in [0.717, 1.165) is 0 Å². The van der Waals surface area contributed by atoms with E-state index in [-0.39, 0.29) is 12.4 Å². The lowest BCUT2D eigenvalue weighted by atomic mass is 10.1. The van der Waals surface area contributed by atoms with Crippen molar-refractivity contribution in [3.8, 4) is 5.88 Å². The van der Waals surface area contributed by atoms with Crippen LogP contribution in [0.25, 0.3) is 11.0 Å². The van der Waals surface area contributed by atoms with Crippen LogP contribution in [-0.2, 0) is 4.74 Å². The Morgan fingerprint density at radius 1 is 1.50 bits per heavy atom. The van der Waals surface area contributed by atoms with E-state index in [2.05, 4.69) is 9.89 Å². The summed E-state index contributed by atoms with van der Waals surface area (Å²) in [5, 5.41) is 4.38. The number of esters is 1. The van der Waals surface area contributed by atoms with Crippen molar-refractivity contribution in [2.45, 2.75) is 0 Å². The molecule has 2 aromatic rings. The topological polar surface area (TPSA) is 87.6 Å². The number of halogens is 1. The highest BCUT2D eigenvalue weighted by atomic mass is 35.5. The van der Waals surface area contributed by atoms with Crippen molar-refractivity contribution in [1.82, 2.24) is 5.16 Å². The Hall–Kier alpha value is -1.79. The fraction of sp³-hybridized carbons (Fsp3) is 0.273. The Morgan fingerprint density at radius 3 is 2.94 bits per heavy atom. The normalized spacial score (nSPS) is 9.89.